The molecule has 1 aliphatic heterocycles. The molecule has 5 N–H and O–H groups in total. The zero-order chi connectivity index (χ0) is 37.6. The second-order valence-corrected chi connectivity index (χ2v) is 13.6. The molecule has 50 heavy (non-hydrogen) atoms. The highest BCUT2D eigenvalue weighted by Crippen LogP contribution is 2.20. The Morgan fingerprint density at radius 2 is 1.62 bits per heavy atom. The number of carbonyl (C=O) groups excluding carboxylic acids is 6. The summed E-state index contributed by atoms with van der Waals surface area (Å²) in [7, 11) is 1.57. The summed E-state index contributed by atoms with van der Waals surface area (Å²) in [5.41, 5.74) is 0.882. The zero-order valence-corrected chi connectivity index (χ0v) is 30.1. The summed E-state index contributed by atoms with van der Waals surface area (Å²) < 4.78 is 5.40. The molecule has 1 aromatic rings. The minimum Gasteiger partial charge on any atom is -0.444 e. The topological polar surface area (TPSA) is 186 Å². The number of anilines is 1. The molecule has 0 bridgehead atoms. The Bertz CT molecular complexity index is 1440. The van der Waals surface area contributed by atoms with Gasteiger partial charge in [-0.3, -0.25) is 28.9 Å². The Morgan fingerprint density at radius 1 is 0.960 bits per heavy atom. The third-order valence-electron chi connectivity index (χ3n) is 7.74. The number of benzene rings is 1. The van der Waals surface area contributed by atoms with Gasteiger partial charge in [0.25, 0.3) is 11.8 Å². The number of hydrogen-bond acceptors (Lipinski definition) is 9. The van der Waals surface area contributed by atoms with E-state index in [0.29, 0.717) is 49.2 Å². The summed E-state index contributed by atoms with van der Waals surface area (Å²) in [6.07, 6.45) is 9.55. The normalized spacial score (nSPS) is 14.5. The Morgan fingerprint density at radius 3 is 2.20 bits per heavy atom. The monoisotopic (exact) mass is 696 g/mol. The van der Waals surface area contributed by atoms with Crippen molar-refractivity contribution in [2.24, 2.45) is 5.92 Å². The molecular weight excluding hydrogens is 644 g/mol. The Balaban J connectivity index is 1.94. The van der Waals surface area contributed by atoms with E-state index in [4.69, 9.17) is 11.2 Å². The lowest BCUT2D eigenvalue weighted by atomic mass is 10.0. The van der Waals surface area contributed by atoms with Crippen molar-refractivity contribution in [3.8, 4) is 12.3 Å². The summed E-state index contributed by atoms with van der Waals surface area (Å²) >= 11 is 0. The molecule has 1 aromatic carbocycles. The molecular formula is C36H52N6O8. The van der Waals surface area contributed by atoms with Gasteiger partial charge in [-0.15, -0.1) is 12.3 Å². The van der Waals surface area contributed by atoms with Crippen LogP contribution in [0.5, 0.6) is 0 Å². The van der Waals surface area contributed by atoms with Gasteiger partial charge in [-0.05, 0) is 76.3 Å². The lowest BCUT2D eigenvalue weighted by molar-refractivity contribution is -0.137. The lowest BCUT2D eigenvalue weighted by Gasteiger charge is -2.26. The van der Waals surface area contributed by atoms with E-state index in [9.17, 15) is 33.9 Å². The Kier molecular flexibility index (Phi) is 16.1. The van der Waals surface area contributed by atoms with Crippen LogP contribution in [0.1, 0.15) is 78.4 Å². The van der Waals surface area contributed by atoms with E-state index in [-0.39, 0.29) is 37.3 Å². The second kappa shape index (κ2) is 19.4. The van der Waals surface area contributed by atoms with Gasteiger partial charge in [0.05, 0.1) is 12.6 Å². The molecule has 0 spiro atoms. The van der Waals surface area contributed by atoms with Gasteiger partial charge in [0.15, 0.2) is 0 Å². The van der Waals surface area contributed by atoms with E-state index in [1.54, 1.807) is 59.9 Å². The van der Waals surface area contributed by atoms with Gasteiger partial charge in [0.2, 0.25) is 17.7 Å². The maximum atomic E-state index is 13.3. The molecule has 0 unspecified atom stereocenters. The van der Waals surface area contributed by atoms with Gasteiger partial charge >= 0.3 is 6.09 Å². The van der Waals surface area contributed by atoms with Crippen LogP contribution in [0.2, 0.25) is 0 Å². The quantitative estimate of drug-likeness (QED) is 0.0872. The van der Waals surface area contributed by atoms with E-state index in [1.165, 1.54) is 28.9 Å². The average Bonchev–Trinajstić information content (AvgIpc) is 3.35. The van der Waals surface area contributed by atoms with E-state index < -0.39 is 47.5 Å². The number of nitrogens with zero attached hydrogens (tertiary/aromatic N) is 2. The van der Waals surface area contributed by atoms with Gasteiger partial charge in [-0.1, -0.05) is 26.3 Å². The van der Waals surface area contributed by atoms with E-state index in [2.05, 4.69) is 27.2 Å². The van der Waals surface area contributed by atoms with Crippen LogP contribution in [0.3, 0.4) is 0 Å². The predicted octanol–water partition coefficient (Wildman–Crippen LogP) is 2.21. The number of rotatable bonds is 18. The number of carbonyl (C=O) groups is 6. The van der Waals surface area contributed by atoms with Crippen LogP contribution in [0.4, 0.5) is 10.5 Å². The van der Waals surface area contributed by atoms with Crippen molar-refractivity contribution in [2.45, 2.75) is 104 Å². The number of imide groups is 1. The second-order valence-electron chi connectivity index (χ2n) is 13.6. The zero-order valence-electron chi connectivity index (χ0n) is 30.1. The fourth-order valence-electron chi connectivity index (χ4n) is 4.95. The predicted molar refractivity (Wildman–Crippen MR) is 188 cm³/mol. The Labute approximate surface area is 294 Å². The number of nitrogens with one attached hydrogen (secondary N) is 4. The van der Waals surface area contributed by atoms with E-state index in [0.717, 1.165) is 0 Å². The number of aliphatic hydroxyl groups excluding tert-OH is 1. The highest BCUT2D eigenvalue weighted by Gasteiger charge is 2.30. The number of hydrogen-bond donors (Lipinski definition) is 5. The summed E-state index contributed by atoms with van der Waals surface area (Å²) in [6, 6.07) is 2.19. The highest BCUT2D eigenvalue weighted by molar-refractivity contribution is 6.12. The van der Waals surface area contributed by atoms with Gasteiger partial charge in [0, 0.05) is 44.4 Å². The Hall–Kier alpha value is -4.74. The molecule has 0 saturated heterocycles. The molecule has 0 saturated carbocycles. The average molecular weight is 697 g/mol. The van der Waals surface area contributed by atoms with Crippen LogP contribution in [0.15, 0.2) is 30.4 Å². The fraction of sp³-hybridized carbons (Fsp3) is 0.556. The standard InChI is InChI=1S/C36H52N6O8/c1-9-13-28(37-18-11-10-12-19-42-29(44)16-17-30(42)45)33(47)40-31(23(2)3)34(48)38-24(4)32(46)39-27-15-14-25(22-43)26(20-27)21-41(8)35(49)50-36(5,6)7/h1,14-17,20,23-24,28,31,37,43H,10-13,18-19,21-22H2,2-8H3,(H,38,48)(H,39,46)(H,40,47)/t24-,28-,31-/m0/s1. The van der Waals surface area contributed by atoms with Crippen molar-refractivity contribution >= 4 is 41.3 Å². The SMILES string of the molecule is C#CC[C@H](NCCCCCN1C(=O)C=CC1=O)C(=O)N[C@H](C(=O)N[C@@H](C)C(=O)Nc1ccc(CO)c(CN(C)C(=O)OC(C)(C)C)c1)C(C)C. The van der Waals surface area contributed by atoms with Gasteiger partial charge in [0.1, 0.15) is 17.7 Å². The number of amides is 6. The van der Waals surface area contributed by atoms with Gasteiger partial charge in [-0.25, -0.2) is 4.79 Å². The molecule has 6 amide bonds. The van der Waals surface area contributed by atoms with Crippen molar-refractivity contribution in [3.63, 3.8) is 0 Å². The molecule has 0 aromatic heterocycles. The summed E-state index contributed by atoms with van der Waals surface area (Å²) in [4.78, 5) is 77.9. The molecule has 14 nitrogen and oxygen atoms in total. The van der Waals surface area contributed by atoms with Gasteiger partial charge < -0.3 is 36.0 Å². The fourth-order valence-corrected chi connectivity index (χ4v) is 4.95. The first-order chi connectivity index (χ1) is 23.5. The first-order valence-electron chi connectivity index (χ1n) is 16.8. The van der Waals surface area contributed by atoms with E-state index >= 15 is 0 Å². The van der Waals surface area contributed by atoms with E-state index in [1.807, 2.05) is 0 Å². The van der Waals surface area contributed by atoms with Crippen LogP contribution in [0.25, 0.3) is 0 Å². The third kappa shape index (κ3) is 13.3. The van der Waals surface area contributed by atoms with Crippen LogP contribution in [0, 0.1) is 18.3 Å². The molecule has 0 fully saturated rings. The summed E-state index contributed by atoms with van der Waals surface area (Å²) in [6.45, 7) is 10.9. The molecule has 3 atom stereocenters. The first-order valence-corrected chi connectivity index (χ1v) is 16.8. The molecule has 0 radical (unpaired) electrons. The maximum absolute atomic E-state index is 13.3. The maximum Gasteiger partial charge on any atom is 0.410 e. The van der Waals surface area contributed by atoms with Crippen molar-refractivity contribution < 1.29 is 38.6 Å². The number of unbranched alkanes of at least 4 members (excludes halogenated alkanes) is 2. The van der Waals surface area contributed by atoms with Crippen LogP contribution in [-0.2, 0) is 41.9 Å². The molecule has 14 heteroatoms. The first kappa shape index (κ1) is 41.4. The number of ether oxygens (including phenoxy) is 1. The van der Waals surface area contributed by atoms with Crippen molar-refractivity contribution in [1.29, 1.82) is 0 Å². The minimum atomic E-state index is -0.979. The highest BCUT2D eigenvalue weighted by atomic mass is 16.6. The van der Waals surface area contributed by atoms with Crippen molar-refractivity contribution in [3.05, 3.63) is 41.5 Å². The molecule has 2 rings (SSSR count). The number of aliphatic hydroxyl groups is 1. The smallest absolute Gasteiger partial charge is 0.410 e. The molecule has 274 valence electrons. The third-order valence-corrected chi connectivity index (χ3v) is 7.74. The molecule has 1 heterocycles. The van der Waals surface area contributed by atoms with Crippen LogP contribution >= 0.6 is 0 Å². The van der Waals surface area contributed by atoms with Crippen molar-refractivity contribution in [2.75, 3.05) is 25.5 Å². The number of terminal acetylenes is 1. The molecule has 0 aliphatic carbocycles. The summed E-state index contributed by atoms with van der Waals surface area (Å²) in [5.74, 6) is 0.00318. The van der Waals surface area contributed by atoms with Crippen molar-refractivity contribution in [1.82, 2.24) is 25.8 Å². The van der Waals surface area contributed by atoms with Crippen LogP contribution in [-0.4, -0.2) is 94.4 Å². The largest absolute Gasteiger partial charge is 0.444 e. The summed E-state index contributed by atoms with van der Waals surface area (Å²) in [5, 5.41) is 21.1. The van der Waals surface area contributed by atoms with Gasteiger partial charge in [-0.2, -0.15) is 0 Å². The minimum absolute atomic E-state index is 0.0875. The lowest BCUT2D eigenvalue weighted by Crippen LogP contribution is -2.56. The molecule has 1 aliphatic rings. The van der Waals surface area contributed by atoms with Crippen LogP contribution < -0.4 is 21.3 Å².